The van der Waals surface area contributed by atoms with Gasteiger partial charge in [0.1, 0.15) is 0 Å². The number of carboxylic acids is 1. The highest BCUT2D eigenvalue weighted by Gasteiger charge is 2.38. The van der Waals surface area contributed by atoms with Crippen LogP contribution >= 0.6 is 22.9 Å². The van der Waals surface area contributed by atoms with E-state index in [-0.39, 0.29) is 5.78 Å². The van der Waals surface area contributed by atoms with Gasteiger partial charge in [0.2, 0.25) is 0 Å². The van der Waals surface area contributed by atoms with Crippen LogP contribution in [0.1, 0.15) is 39.6 Å². The number of piperidine rings is 1. The molecule has 31 heavy (non-hydrogen) atoms. The normalized spacial score (nSPS) is 14.9. The molecule has 3 N–H and O–H groups in total. The van der Waals surface area contributed by atoms with Crippen LogP contribution < -0.4 is 5.73 Å². The lowest BCUT2D eigenvalue weighted by Crippen LogP contribution is -2.28. The number of carbonyl (C=O) groups excluding carboxylic acids is 1. The van der Waals surface area contributed by atoms with E-state index in [4.69, 9.17) is 27.2 Å². The van der Waals surface area contributed by atoms with E-state index in [1.54, 1.807) is 17.5 Å². The number of hydrogen-bond acceptors (Lipinski definition) is 5. The van der Waals surface area contributed by atoms with Gasteiger partial charge in [0.05, 0.1) is 9.90 Å². The molecule has 1 aromatic heterocycles. The fraction of sp³-hybridized carbons (Fsp3) is 0.333. The molecule has 0 saturated carbocycles. The van der Waals surface area contributed by atoms with Crippen molar-refractivity contribution >= 4 is 34.7 Å². The zero-order valence-electron chi connectivity index (χ0n) is 16.4. The van der Waals surface area contributed by atoms with Gasteiger partial charge in [-0.1, -0.05) is 35.9 Å². The zero-order valence-corrected chi connectivity index (χ0v) is 18.0. The first-order chi connectivity index (χ1) is 14.6. The number of ketones is 1. The lowest BCUT2D eigenvalue weighted by Gasteiger charge is -2.31. The molecule has 3 rings (SSSR count). The lowest BCUT2D eigenvalue weighted by molar-refractivity contribution is -0.192. The number of benzene rings is 1. The standard InChI is InChI=1S/C19H21ClN2OS.C2HF3O2/c20-17-11-19(24-13-17)18(23)6-9-22-7-4-15(5-8-22)16-3-1-2-14(10-16)12-21;3-2(4,5)1(6)7/h1-3,6,9-11,13,15H,4-5,7-8,12,21H2;(H,6,7)/b9-6+;. The molecule has 0 bridgehead atoms. The lowest BCUT2D eigenvalue weighted by atomic mass is 9.89. The third-order valence-corrected chi connectivity index (χ3v) is 5.97. The average Bonchev–Trinajstić information content (AvgIpc) is 3.18. The minimum Gasteiger partial charge on any atom is -0.475 e. The second-order valence-electron chi connectivity index (χ2n) is 6.87. The molecular formula is C21H22ClF3N2O3S. The number of likely N-dealkylation sites (tertiary alicyclic amines) is 1. The van der Waals surface area contributed by atoms with Gasteiger partial charge < -0.3 is 15.7 Å². The SMILES string of the molecule is NCc1cccc(C2CCN(/C=C/C(=O)c3cc(Cl)cs3)CC2)c1.O=C(O)C(F)(F)F. The van der Waals surface area contributed by atoms with Crippen LogP contribution in [0.2, 0.25) is 5.02 Å². The number of carbonyl (C=O) groups is 2. The number of alkyl halides is 3. The summed E-state index contributed by atoms with van der Waals surface area (Å²) >= 11 is 7.25. The fourth-order valence-electron chi connectivity index (χ4n) is 3.05. The number of aliphatic carboxylic acids is 1. The Morgan fingerprint density at radius 2 is 1.90 bits per heavy atom. The van der Waals surface area contributed by atoms with Crippen molar-refractivity contribution in [1.29, 1.82) is 0 Å². The molecular weight excluding hydrogens is 453 g/mol. The van der Waals surface area contributed by atoms with Crippen LogP contribution in [0.4, 0.5) is 13.2 Å². The summed E-state index contributed by atoms with van der Waals surface area (Å²) in [6.45, 7) is 2.52. The summed E-state index contributed by atoms with van der Waals surface area (Å²) in [5.74, 6) is -2.16. The van der Waals surface area contributed by atoms with Crippen molar-refractivity contribution in [3.63, 3.8) is 0 Å². The van der Waals surface area contributed by atoms with Gasteiger partial charge in [-0.2, -0.15) is 13.2 Å². The molecule has 0 aliphatic carbocycles. The zero-order chi connectivity index (χ0) is 23.0. The van der Waals surface area contributed by atoms with Gasteiger partial charge in [-0.25, -0.2) is 4.79 Å². The van der Waals surface area contributed by atoms with Crippen molar-refractivity contribution in [2.75, 3.05) is 13.1 Å². The van der Waals surface area contributed by atoms with E-state index in [2.05, 4.69) is 29.2 Å². The van der Waals surface area contributed by atoms with Crippen molar-refractivity contribution in [2.24, 2.45) is 5.73 Å². The molecule has 168 valence electrons. The Bertz CT molecular complexity index is 923. The number of rotatable bonds is 5. The highest BCUT2D eigenvalue weighted by Crippen LogP contribution is 2.28. The predicted octanol–water partition coefficient (Wildman–Crippen LogP) is 5.07. The number of thiophene rings is 1. The largest absolute Gasteiger partial charge is 0.490 e. The predicted molar refractivity (Wildman–Crippen MR) is 114 cm³/mol. The Morgan fingerprint density at radius 3 is 2.42 bits per heavy atom. The minimum absolute atomic E-state index is 0.0182. The van der Waals surface area contributed by atoms with Gasteiger partial charge in [0.25, 0.3) is 0 Å². The summed E-state index contributed by atoms with van der Waals surface area (Å²) in [6, 6.07) is 10.3. The van der Waals surface area contributed by atoms with Gasteiger partial charge >= 0.3 is 12.1 Å². The monoisotopic (exact) mass is 474 g/mol. The maximum Gasteiger partial charge on any atom is 0.490 e. The van der Waals surface area contributed by atoms with Gasteiger partial charge in [-0.3, -0.25) is 4.79 Å². The Morgan fingerprint density at radius 1 is 1.26 bits per heavy atom. The number of carboxylic acid groups (broad SMARTS) is 1. The maximum absolute atomic E-state index is 12.1. The van der Waals surface area contributed by atoms with E-state index >= 15 is 0 Å². The summed E-state index contributed by atoms with van der Waals surface area (Å²) in [4.78, 5) is 23.9. The van der Waals surface area contributed by atoms with Gasteiger partial charge in [0, 0.05) is 37.3 Å². The first-order valence-electron chi connectivity index (χ1n) is 9.39. The number of hydrogen-bond donors (Lipinski definition) is 2. The third kappa shape index (κ3) is 8.01. The van der Waals surface area contributed by atoms with Gasteiger partial charge in [-0.15, -0.1) is 11.3 Å². The summed E-state index contributed by atoms with van der Waals surface area (Å²) in [5.41, 5.74) is 8.30. The van der Waals surface area contributed by atoms with E-state index in [1.165, 1.54) is 22.5 Å². The summed E-state index contributed by atoms with van der Waals surface area (Å²) in [7, 11) is 0. The summed E-state index contributed by atoms with van der Waals surface area (Å²) in [6.07, 6.45) is 0.675. The van der Waals surface area contributed by atoms with Gasteiger partial charge in [-0.05, 0) is 36.0 Å². The van der Waals surface area contributed by atoms with E-state index < -0.39 is 12.1 Å². The minimum atomic E-state index is -5.08. The molecule has 10 heteroatoms. The Balaban J connectivity index is 0.000000423. The van der Waals surface area contributed by atoms with Crippen LogP contribution in [0.5, 0.6) is 0 Å². The number of nitrogens with two attached hydrogens (primary N) is 1. The molecule has 0 spiro atoms. The molecule has 1 saturated heterocycles. The molecule has 0 amide bonds. The number of nitrogens with zero attached hydrogens (tertiary/aromatic N) is 1. The number of allylic oxidation sites excluding steroid dienone is 1. The molecule has 2 aromatic rings. The molecule has 0 radical (unpaired) electrons. The van der Waals surface area contributed by atoms with Crippen molar-refractivity contribution in [3.05, 3.63) is 69.0 Å². The third-order valence-electron chi connectivity index (χ3n) is 4.68. The second kappa shape index (κ2) is 11.3. The maximum atomic E-state index is 12.1. The van der Waals surface area contributed by atoms with Crippen LogP contribution in [-0.2, 0) is 11.3 Å². The first kappa shape index (κ1) is 24.9. The van der Waals surface area contributed by atoms with E-state index in [1.807, 2.05) is 6.20 Å². The molecule has 1 aromatic carbocycles. The number of halogens is 4. The first-order valence-corrected chi connectivity index (χ1v) is 10.7. The topological polar surface area (TPSA) is 83.6 Å². The molecule has 5 nitrogen and oxygen atoms in total. The van der Waals surface area contributed by atoms with E-state index in [9.17, 15) is 18.0 Å². The molecule has 0 atom stereocenters. The van der Waals surface area contributed by atoms with Crippen molar-refractivity contribution < 1.29 is 27.9 Å². The highest BCUT2D eigenvalue weighted by atomic mass is 35.5. The molecule has 2 heterocycles. The van der Waals surface area contributed by atoms with Crippen molar-refractivity contribution in [3.8, 4) is 0 Å². The van der Waals surface area contributed by atoms with Crippen LogP contribution in [0.3, 0.4) is 0 Å². The molecule has 1 aliphatic heterocycles. The van der Waals surface area contributed by atoms with Crippen LogP contribution in [-0.4, -0.2) is 41.0 Å². The average molecular weight is 475 g/mol. The molecule has 1 fully saturated rings. The summed E-state index contributed by atoms with van der Waals surface area (Å²) in [5, 5.41) is 9.53. The quantitative estimate of drug-likeness (QED) is 0.467. The Kier molecular flexibility index (Phi) is 9.09. The second-order valence-corrected chi connectivity index (χ2v) is 8.22. The van der Waals surface area contributed by atoms with Gasteiger partial charge in [0.15, 0.2) is 5.78 Å². The fourth-order valence-corrected chi connectivity index (χ4v) is 4.05. The van der Waals surface area contributed by atoms with Crippen molar-refractivity contribution in [2.45, 2.75) is 31.5 Å². The molecule has 1 aliphatic rings. The van der Waals surface area contributed by atoms with Crippen LogP contribution in [0, 0.1) is 0 Å². The highest BCUT2D eigenvalue weighted by molar-refractivity contribution is 7.12. The van der Waals surface area contributed by atoms with E-state index in [0.717, 1.165) is 25.9 Å². The Labute approximate surface area is 186 Å². The van der Waals surface area contributed by atoms with Crippen molar-refractivity contribution in [1.82, 2.24) is 4.90 Å². The van der Waals surface area contributed by atoms with Crippen LogP contribution in [0.25, 0.3) is 0 Å². The van der Waals surface area contributed by atoms with Crippen LogP contribution in [0.15, 0.2) is 48.0 Å². The van der Waals surface area contributed by atoms with E-state index in [0.29, 0.717) is 22.4 Å². The smallest absolute Gasteiger partial charge is 0.475 e. The molecule has 0 unspecified atom stereocenters. The Hall–Kier alpha value is -2.36. The summed E-state index contributed by atoms with van der Waals surface area (Å²) < 4.78 is 31.7.